The van der Waals surface area contributed by atoms with E-state index in [2.05, 4.69) is 67.8 Å². The van der Waals surface area contributed by atoms with Crippen molar-refractivity contribution in [3.8, 4) is 5.75 Å². The summed E-state index contributed by atoms with van der Waals surface area (Å²) < 4.78 is 5.60. The van der Waals surface area contributed by atoms with Crippen LogP contribution in [0.15, 0.2) is 18.2 Å². The SMILES string of the molecule is CCNC(c1cc(C)ccc1OC)C1SCCSC1C. The van der Waals surface area contributed by atoms with Crippen LogP contribution in [0.3, 0.4) is 0 Å². The molecule has 1 aliphatic heterocycles. The molecule has 3 atom stereocenters. The molecule has 0 aliphatic carbocycles. The van der Waals surface area contributed by atoms with Crippen LogP contribution in [0.25, 0.3) is 0 Å². The van der Waals surface area contributed by atoms with Crippen molar-refractivity contribution in [2.45, 2.75) is 37.3 Å². The number of nitrogens with one attached hydrogen (secondary N) is 1. The van der Waals surface area contributed by atoms with Crippen LogP contribution in [0.4, 0.5) is 0 Å². The normalized spacial score (nSPS) is 24.4. The van der Waals surface area contributed by atoms with E-state index in [4.69, 9.17) is 4.74 Å². The molecule has 1 aliphatic rings. The fraction of sp³-hybridized carbons (Fsp3) is 0.625. The van der Waals surface area contributed by atoms with Crippen molar-refractivity contribution in [1.29, 1.82) is 0 Å². The topological polar surface area (TPSA) is 21.3 Å². The van der Waals surface area contributed by atoms with Gasteiger partial charge in [0.25, 0.3) is 0 Å². The molecule has 2 rings (SSSR count). The maximum atomic E-state index is 5.60. The first kappa shape index (κ1) is 16.1. The molecule has 1 saturated heterocycles. The van der Waals surface area contributed by atoms with Crippen molar-refractivity contribution in [1.82, 2.24) is 5.32 Å². The quantitative estimate of drug-likeness (QED) is 0.890. The Bertz CT molecular complexity index is 438. The van der Waals surface area contributed by atoms with Gasteiger partial charge in [0.15, 0.2) is 0 Å². The van der Waals surface area contributed by atoms with Crippen LogP contribution in [-0.4, -0.2) is 35.7 Å². The maximum Gasteiger partial charge on any atom is 0.123 e. The van der Waals surface area contributed by atoms with E-state index in [-0.39, 0.29) is 0 Å². The number of hydrogen-bond acceptors (Lipinski definition) is 4. The number of thioether (sulfide) groups is 2. The molecule has 0 aromatic heterocycles. The number of aryl methyl sites for hydroxylation is 1. The minimum Gasteiger partial charge on any atom is -0.496 e. The predicted octanol–water partition coefficient (Wildman–Crippen LogP) is 3.89. The van der Waals surface area contributed by atoms with Gasteiger partial charge in [-0.15, -0.1) is 0 Å². The third kappa shape index (κ3) is 3.66. The summed E-state index contributed by atoms with van der Waals surface area (Å²) >= 11 is 4.19. The Balaban J connectivity index is 2.34. The zero-order valence-electron chi connectivity index (χ0n) is 12.8. The molecule has 1 aromatic carbocycles. The van der Waals surface area contributed by atoms with Crippen molar-refractivity contribution < 1.29 is 4.74 Å². The largest absolute Gasteiger partial charge is 0.496 e. The molecule has 1 fully saturated rings. The molecule has 2 nitrogen and oxygen atoms in total. The third-order valence-electron chi connectivity index (χ3n) is 3.71. The number of ether oxygens (including phenoxy) is 1. The van der Waals surface area contributed by atoms with Gasteiger partial charge in [-0.25, -0.2) is 0 Å². The van der Waals surface area contributed by atoms with Crippen molar-refractivity contribution in [3.05, 3.63) is 29.3 Å². The lowest BCUT2D eigenvalue weighted by atomic mass is 9.98. The summed E-state index contributed by atoms with van der Waals surface area (Å²) in [5, 5.41) is 4.96. The second kappa shape index (κ2) is 7.62. The number of benzene rings is 1. The van der Waals surface area contributed by atoms with Gasteiger partial charge in [0.1, 0.15) is 5.75 Å². The second-order valence-electron chi connectivity index (χ2n) is 5.19. The van der Waals surface area contributed by atoms with E-state index < -0.39 is 0 Å². The zero-order chi connectivity index (χ0) is 14.5. The monoisotopic (exact) mass is 311 g/mol. The molecule has 0 radical (unpaired) electrons. The molecule has 1 heterocycles. The lowest BCUT2D eigenvalue weighted by Gasteiger charge is -2.35. The summed E-state index contributed by atoms with van der Waals surface area (Å²) in [6.45, 7) is 7.67. The predicted molar refractivity (Wildman–Crippen MR) is 92.3 cm³/mol. The van der Waals surface area contributed by atoms with E-state index in [1.807, 2.05) is 0 Å². The molecule has 3 unspecified atom stereocenters. The molecule has 0 spiro atoms. The van der Waals surface area contributed by atoms with Gasteiger partial charge in [-0.1, -0.05) is 31.5 Å². The first-order valence-electron chi connectivity index (χ1n) is 7.28. The van der Waals surface area contributed by atoms with Crippen LogP contribution >= 0.6 is 23.5 Å². The van der Waals surface area contributed by atoms with Crippen LogP contribution in [0.1, 0.15) is 31.0 Å². The number of rotatable bonds is 5. The van der Waals surface area contributed by atoms with E-state index >= 15 is 0 Å². The standard InChI is InChI=1S/C16H25NOS2/c1-5-17-15(16-12(3)19-8-9-20-16)13-10-11(2)6-7-14(13)18-4/h6-7,10,12,15-17H,5,8-9H2,1-4H3. The molecule has 0 amide bonds. The highest BCUT2D eigenvalue weighted by Gasteiger charge is 2.32. The molecule has 1 aromatic rings. The highest BCUT2D eigenvalue weighted by atomic mass is 32.2. The van der Waals surface area contributed by atoms with Crippen LogP contribution in [0, 0.1) is 6.92 Å². The summed E-state index contributed by atoms with van der Waals surface area (Å²) in [4.78, 5) is 0. The summed E-state index contributed by atoms with van der Waals surface area (Å²) in [6.07, 6.45) is 0. The van der Waals surface area contributed by atoms with Gasteiger partial charge in [0.2, 0.25) is 0 Å². The van der Waals surface area contributed by atoms with Gasteiger partial charge < -0.3 is 10.1 Å². The highest BCUT2D eigenvalue weighted by Crippen LogP contribution is 2.41. The van der Waals surface area contributed by atoms with Gasteiger partial charge >= 0.3 is 0 Å². The Morgan fingerprint density at radius 1 is 1.35 bits per heavy atom. The van der Waals surface area contributed by atoms with Crippen LogP contribution in [-0.2, 0) is 0 Å². The fourth-order valence-corrected chi connectivity index (χ4v) is 5.67. The molecule has 0 bridgehead atoms. The minimum atomic E-state index is 0.364. The molecule has 20 heavy (non-hydrogen) atoms. The Kier molecular flexibility index (Phi) is 6.12. The van der Waals surface area contributed by atoms with Crippen molar-refractivity contribution >= 4 is 23.5 Å². The first-order valence-corrected chi connectivity index (χ1v) is 9.38. The lowest BCUT2D eigenvalue weighted by molar-refractivity contribution is 0.397. The van der Waals surface area contributed by atoms with Crippen molar-refractivity contribution in [2.24, 2.45) is 0 Å². The summed E-state index contributed by atoms with van der Waals surface area (Å²) in [5.41, 5.74) is 2.60. The van der Waals surface area contributed by atoms with Crippen molar-refractivity contribution in [2.75, 3.05) is 25.2 Å². The highest BCUT2D eigenvalue weighted by molar-refractivity contribution is 8.07. The fourth-order valence-electron chi connectivity index (χ4n) is 2.74. The Labute approximate surface area is 131 Å². The molecule has 0 saturated carbocycles. The zero-order valence-corrected chi connectivity index (χ0v) is 14.4. The Morgan fingerprint density at radius 2 is 2.10 bits per heavy atom. The average Bonchev–Trinajstić information content (AvgIpc) is 2.46. The second-order valence-corrected chi connectivity index (χ2v) is 7.96. The van der Waals surface area contributed by atoms with Gasteiger partial charge in [0.05, 0.1) is 7.11 Å². The Hall–Kier alpha value is -0.320. The van der Waals surface area contributed by atoms with E-state index in [1.165, 1.54) is 22.6 Å². The third-order valence-corrected chi connectivity index (χ3v) is 6.90. The van der Waals surface area contributed by atoms with E-state index in [1.54, 1.807) is 7.11 Å². The van der Waals surface area contributed by atoms with Crippen molar-refractivity contribution in [3.63, 3.8) is 0 Å². The van der Waals surface area contributed by atoms with Gasteiger partial charge in [-0.2, -0.15) is 23.5 Å². The average molecular weight is 312 g/mol. The minimum absolute atomic E-state index is 0.364. The first-order chi connectivity index (χ1) is 9.67. The molecule has 112 valence electrons. The van der Waals surface area contributed by atoms with Gasteiger partial charge in [0, 0.05) is 33.6 Å². The van der Waals surface area contributed by atoms with Gasteiger partial charge in [-0.05, 0) is 19.5 Å². The van der Waals surface area contributed by atoms with E-state index in [9.17, 15) is 0 Å². The Morgan fingerprint density at radius 3 is 2.75 bits per heavy atom. The van der Waals surface area contributed by atoms with Crippen LogP contribution in [0.2, 0.25) is 0 Å². The smallest absolute Gasteiger partial charge is 0.123 e. The van der Waals surface area contributed by atoms with E-state index in [0.29, 0.717) is 16.5 Å². The summed E-state index contributed by atoms with van der Waals surface area (Å²) in [6, 6.07) is 6.86. The van der Waals surface area contributed by atoms with Crippen LogP contribution in [0.5, 0.6) is 5.75 Å². The molecule has 1 N–H and O–H groups in total. The lowest BCUT2D eigenvalue weighted by Crippen LogP contribution is -2.38. The van der Waals surface area contributed by atoms with Crippen LogP contribution < -0.4 is 10.1 Å². The maximum absolute atomic E-state index is 5.60. The van der Waals surface area contributed by atoms with Gasteiger partial charge in [-0.3, -0.25) is 0 Å². The summed E-state index contributed by atoms with van der Waals surface area (Å²) in [5.74, 6) is 3.52. The number of hydrogen-bond donors (Lipinski definition) is 1. The molecule has 4 heteroatoms. The number of methoxy groups -OCH3 is 1. The molecular formula is C16H25NOS2. The summed E-state index contributed by atoms with van der Waals surface area (Å²) in [7, 11) is 1.77. The van der Waals surface area contributed by atoms with E-state index in [0.717, 1.165) is 12.3 Å². The molecular weight excluding hydrogens is 286 g/mol.